The minimum Gasteiger partial charge on any atom is -0.481 e. The van der Waals surface area contributed by atoms with Crippen LogP contribution in [-0.4, -0.2) is 29.7 Å². The highest BCUT2D eigenvalue weighted by atomic mass is 16.5. The lowest BCUT2D eigenvalue weighted by Crippen LogP contribution is -2.42. The zero-order valence-electron chi connectivity index (χ0n) is 14.1. The SMILES string of the molecule is C#CCC(N)C(C(=O)O)C(=O)OCC1c2ccccc2-c2ccccc21. The number of carbonyl (C=O) groups is 2. The highest BCUT2D eigenvalue weighted by Crippen LogP contribution is 2.44. The Balaban J connectivity index is 1.80. The number of ether oxygens (including phenoxy) is 1. The van der Waals surface area contributed by atoms with E-state index in [-0.39, 0.29) is 18.9 Å². The summed E-state index contributed by atoms with van der Waals surface area (Å²) in [6.45, 7) is 0.0550. The molecule has 132 valence electrons. The topological polar surface area (TPSA) is 89.6 Å². The van der Waals surface area contributed by atoms with Crippen LogP contribution < -0.4 is 5.73 Å². The minimum absolute atomic E-state index is 0.0127. The maximum Gasteiger partial charge on any atom is 0.322 e. The van der Waals surface area contributed by atoms with Gasteiger partial charge < -0.3 is 15.6 Å². The molecule has 3 rings (SSSR count). The van der Waals surface area contributed by atoms with E-state index in [0.717, 1.165) is 22.3 Å². The quantitative estimate of drug-likeness (QED) is 0.475. The van der Waals surface area contributed by atoms with Crippen molar-refractivity contribution in [3.05, 3.63) is 59.7 Å². The third kappa shape index (κ3) is 3.19. The van der Waals surface area contributed by atoms with Crippen molar-refractivity contribution in [3.63, 3.8) is 0 Å². The molecule has 5 nitrogen and oxygen atoms in total. The summed E-state index contributed by atoms with van der Waals surface area (Å²) in [4.78, 5) is 23.7. The molecule has 0 aliphatic heterocycles. The number of terminal acetylenes is 1. The van der Waals surface area contributed by atoms with Gasteiger partial charge >= 0.3 is 11.9 Å². The normalized spacial score (nSPS) is 14.6. The van der Waals surface area contributed by atoms with Crippen LogP contribution in [0.5, 0.6) is 0 Å². The first-order valence-electron chi connectivity index (χ1n) is 8.31. The average molecular weight is 349 g/mol. The van der Waals surface area contributed by atoms with E-state index in [1.54, 1.807) is 0 Å². The van der Waals surface area contributed by atoms with Crippen LogP contribution in [-0.2, 0) is 14.3 Å². The van der Waals surface area contributed by atoms with Crippen LogP contribution in [0, 0.1) is 18.3 Å². The monoisotopic (exact) mass is 349 g/mol. The first-order valence-corrected chi connectivity index (χ1v) is 8.31. The molecule has 0 bridgehead atoms. The molecule has 1 aliphatic rings. The lowest BCUT2D eigenvalue weighted by molar-refractivity contribution is -0.159. The molecule has 26 heavy (non-hydrogen) atoms. The molecule has 0 amide bonds. The molecule has 0 fully saturated rings. The Labute approximate surface area is 151 Å². The molecule has 2 unspecified atom stereocenters. The summed E-state index contributed by atoms with van der Waals surface area (Å²) in [6, 6.07) is 14.8. The lowest BCUT2D eigenvalue weighted by atomic mass is 9.97. The summed E-state index contributed by atoms with van der Waals surface area (Å²) >= 11 is 0. The number of fused-ring (bicyclic) bond motifs is 3. The smallest absolute Gasteiger partial charge is 0.322 e. The van der Waals surface area contributed by atoms with E-state index < -0.39 is 23.9 Å². The summed E-state index contributed by atoms with van der Waals surface area (Å²) in [7, 11) is 0. The molecule has 0 aromatic heterocycles. The number of benzene rings is 2. The first-order chi connectivity index (χ1) is 12.5. The molecule has 0 radical (unpaired) electrons. The second-order valence-electron chi connectivity index (χ2n) is 6.25. The fourth-order valence-electron chi connectivity index (χ4n) is 3.41. The molecular weight excluding hydrogens is 330 g/mol. The van der Waals surface area contributed by atoms with Gasteiger partial charge in [0.15, 0.2) is 5.92 Å². The zero-order valence-corrected chi connectivity index (χ0v) is 14.1. The Kier molecular flexibility index (Phi) is 5.06. The standard InChI is InChI=1S/C21H19NO4/c1-2-7-18(22)19(20(23)24)21(25)26-12-17-15-10-5-3-8-13(15)14-9-4-6-11-16(14)17/h1,3-6,8-11,17-19H,7,12,22H2,(H,23,24). The Hall–Kier alpha value is -3.10. The maximum atomic E-state index is 12.3. The minimum atomic E-state index is -1.47. The van der Waals surface area contributed by atoms with Crippen molar-refractivity contribution >= 4 is 11.9 Å². The van der Waals surface area contributed by atoms with Gasteiger partial charge in [0, 0.05) is 18.4 Å². The van der Waals surface area contributed by atoms with Crippen molar-refractivity contribution in [2.24, 2.45) is 11.7 Å². The van der Waals surface area contributed by atoms with Gasteiger partial charge in [0.1, 0.15) is 6.61 Å². The van der Waals surface area contributed by atoms with E-state index in [2.05, 4.69) is 5.92 Å². The van der Waals surface area contributed by atoms with Gasteiger partial charge in [0.05, 0.1) is 0 Å². The molecule has 1 aliphatic carbocycles. The van der Waals surface area contributed by atoms with Crippen LogP contribution in [0.1, 0.15) is 23.5 Å². The van der Waals surface area contributed by atoms with Gasteiger partial charge in [-0.05, 0) is 22.3 Å². The first kappa shape index (κ1) is 17.7. The average Bonchev–Trinajstić information content (AvgIpc) is 2.94. The number of hydrogen-bond acceptors (Lipinski definition) is 4. The molecule has 5 heteroatoms. The Bertz CT molecular complexity index is 838. The van der Waals surface area contributed by atoms with Gasteiger partial charge in [-0.1, -0.05) is 48.5 Å². The van der Waals surface area contributed by atoms with E-state index in [1.165, 1.54) is 0 Å². The van der Waals surface area contributed by atoms with Crippen molar-refractivity contribution in [1.82, 2.24) is 0 Å². The van der Waals surface area contributed by atoms with E-state index in [0.29, 0.717) is 0 Å². The largest absolute Gasteiger partial charge is 0.481 e. The van der Waals surface area contributed by atoms with Gasteiger partial charge in [-0.2, -0.15) is 0 Å². The number of aliphatic carboxylic acids is 1. The van der Waals surface area contributed by atoms with Crippen molar-refractivity contribution in [1.29, 1.82) is 0 Å². The summed E-state index contributed by atoms with van der Waals surface area (Å²) in [5.74, 6) is -1.51. The van der Waals surface area contributed by atoms with Crippen LogP contribution in [0.25, 0.3) is 11.1 Å². The number of carboxylic acids is 1. The number of carboxylic acid groups (broad SMARTS) is 1. The van der Waals surface area contributed by atoms with Gasteiger partial charge in [-0.25, -0.2) is 0 Å². The van der Waals surface area contributed by atoms with Crippen molar-refractivity contribution in [2.75, 3.05) is 6.61 Å². The van der Waals surface area contributed by atoms with Gasteiger partial charge in [0.2, 0.25) is 0 Å². The van der Waals surface area contributed by atoms with Crippen molar-refractivity contribution in [3.8, 4) is 23.5 Å². The fraction of sp³-hybridized carbons (Fsp3) is 0.238. The molecule has 0 saturated heterocycles. The number of nitrogens with two attached hydrogens (primary N) is 1. The Morgan fingerprint density at radius 1 is 1.12 bits per heavy atom. The summed E-state index contributed by atoms with van der Waals surface area (Å²) in [6.07, 6.45) is 5.16. The Morgan fingerprint density at radius 3 is 2.15 bits per heavy atom. The third-order valence-corrected chi connectivity index (χ3v) is 4.66. The predicted octanol–water partition coefficient (Wildman–Crippen LogP) is 2.39. The number of hydrogen-bond donors (Lipinski definition) is 2. The molecule has 0 saturated carbocycles. The number of esters is 1. The molecule has 2 aromatic carbocycles. The molecule has 0 heterocycles. The van der Waals surface area contributed by atoms with Crippen LogP contribution in [0.4, 0.5) is 0 Å². The highest BCUT2D eigenvalue weighted by molar-refractivity contribution is 5.95. The van der Waals surface area contributed by atoms with E-state index >= 15 is 0 Å². The maximum absolute atomic E-state index is 12.3. The lowest BCUT2D eigenvalue weighted by Gasteiger charge is -2.19. The van der Waals surface area contributed by atoms with Crippen LogP contribution >= 0.6 is 0 Å². The van der Waals surface area contributed by atoms with Crippen LogP contribution in [0.2, 0.25) is 0 Å². The van der Waals surface area contributed by atoms with Crippen LogP contribution in [0.15, 0.2) is 48.5 Å². The predicted molar refractivity (Wildman–Crippen MR) is 97.2 cm³/mol. The molecular formula is C21H19NO4. The summed E-state index contributed by atoms with van der Waals surface area (Å²) in [5, 5.41) is 9.30. The van der Waals surface area contributed by atoms with Crippen molar-refractivity contribution in [2.45, 2.75) is 18.4 Å². The van der Waals surface area contributed by atoms with Gasteiger partial charge in [0.25, 0.3) is 0 Å². The Morgan fingerprint density at radius 2 is 1.65 bits per heavy atom. The van der Waals surface area contributed by atoms with E-state index in [4.69, 9.17) is 16.9 Å². The molecule has 0 spiro atoms. The van der Waals surface area contributed by atoms with E-state index in [9.17, 15) is 14.7 Å². The fourth-order valence-corrected chi connectivity index (χ4v) is 3.41. The molecule has 2 atom stereocenters. The summed E-state index contributed by atoms with van der Waals surface area (Å²) < 4.78 is 5.36. The highest BCUT2D eigenvalue weighted by Gasteiger charge is 2.35. The van der Waals surface area contributed by atoms with Crippen molar-refractivity contribution < 1.29 is 19.4 Å². The van der Waals surface area contributed by atoms with Gasteiger partial charge in [-0.15, -0.1) is 12.3 Å². The number of rotatable bonds is 6. The van der Waals surface area contributed by atoms with E-state index in [1.807, 2.05) is 48.5 Å². The van der Waals surface area contributed by atoms with Crippen LogP contribution in [0.3, 0.4) is 0 Å². The number of carbonyl (C=O) groups excluding carboxylic acids is 1. The molecule has 2 aromatic rings. The molecule has 3 N–H and O–H groups in total. The van der Waals surface area contributed by atoms with Gasteiger partial charge in [-0.3, -0.25) is 9.59 Å². The second-order valence-corrected chi connectivity index (χ2v) is 6.25. The summed E-state index contributed by atoms with van der Waals surface area (Å²) in [5.41, 5.74) is 10.1. The zero-order chi connectivity index (χ0) is 18.7. The third-order valence-electron chi connectivity index (χ3n) is 4.66. The second kappa shape index (κ2) is 7.42.